The van der Waals surface area contributed by atoms with Gasteiger partial charge in [-0.3, -0.25) is 0 Å². The predicted molar refractivity (Wildman–Crippen MR) is 135 cm³/mol. The number of methoxy groups -OCH3 is 1. The number of rotatable bonds is 8. The lowest BCUT2D eigenvalue weighted by atomic mass is 9.84. The van der Waals surface area contributed by atoms with Crippen molar-refractivity contribution in [2.24, 2.45) is 17.8 Å². The summed E-state index contributed by atoms with van der Waals surface area (Å²) in [6.07, 6.45) is -0.0844. The summed E-state index contributed by atoms with van der Waals surface area (Å²) >= 11 is 2.49. The summed E-state index contributed by atoms with van der Waals surface area (Å²) in [5.74, 6) is 1.91. The second kappa shape index (κ2) is 10.6. The molecule has 1 fully saturated rings. The molecule has 0 N–H and O–H groups in total. The van der Waals surface area contributed by atoms with E-state index in [0.717, 1.165) is 15.7 Å². The van der Waals surface area contributed by atoms with Gasteiger partial charge in [0.15, 0.2) is 14.6 Å². The standard InChI is InChI=1S/C24H41IO4Si/c1-16(14-25)22(29-30(8,9)24(4,5)6)18(3)21-17(2)15-27-23(28-21)19-10-12-20(26-7)13-11-19/h10-13,16-18,21-23H,14-15H2,1-9H3/t16?,17-,18?,21-,22+,23?/m0/s1. The molecule has 6 heteroatoms. The maximum atomic E-state index is 6.99. The second-order valence-electron chi connectivity index (χ2n) is 10.3. The molecule has 0 amide bonds. The highest BCUT2D eigenvalue weighted by atomic mass is 127. The number of alkyl halides is 1. The third-order valence-corrected chi connectivity index (χ3v) is 12.7. The highest BCUT2D eigenvalue weighted by Gasteiger charge is 2.44. The summed E-state index contributed by atoms with van der Waals surface area (Å²) in [4.78, 5) is 0. The summed E-state index contributed by atoms with van der Waals surface area (Å²) < 4.78 is 26.0. The molecule has 0 saturated carbocycles. The van der Waals surface area contributed by atoms with E-state index in [4.69, 9.17) is 18.6 Å². The highest BCUT2D eigenvalue weighted by molar-refractivity contribution is 14.1. The van der Waals surface area contributed by atoms with Crippen LogP contribution in [-0.4, -0.2) is 38.7 Å². The number of halogens is 1. The zero-order chi connectivity index (χ0) is 22.7. The average Bonchev–Trinajstić information content (AvgIpc) is 2.70. The van der Waals surface area contributed by atoms with Gasteiger partial charge in [-0.05, 0) is 36.2 Å². The first-order valence-electron chi connectivity index (χ1n) is 11.1. The maximum Gasteiger partial charge on any atom is 0.192 e. The van der Waals surface area contributed by atoms with Crippen molar-refractivity contribution in [1.29, 1.82) is 0 Å². The van der Waals surface area contributed by atoms with Crippen LogP contribution in [0.5, 0.6) is 5.75 Å². The minimum absolute atomic E-state index is 0.0889. The van der Waals surface area contributed by atoms with Crippen LogP contribution in [0.1, 0.15) is 53.4 Å². The van der Waals surface area contributed by atoms with Gasteiger partial charge in [0.1, 0.15) is 5.75 Å². The van der Waals surface area contributed by atoms with E-state index in [1.54, 1.807) is 7.11 Å². The van der Waals surface area contributed by atoms with E-state index in [1.807, 2.05) is 24.3 Å². The molecule has 1 aliphatic rings. The Labute approximate surface area is 198 Å². The molecule has 1 saturated heterocycles. The SMILES string of the molecule is COc1ccc(C2OC[C@H](C)[C@@H](C(C)[C@H](O[Si](C)(C)C(C)(C)C)C(C)CI)O2)cc1. The molecule has 0 aromatic heterocycles. The summed E-state index contributed by atoms with van der Waals surface area (Å²) in [5.41, 5.74) is 1.03. The van der Waals surface area contributed by atoms with Crippen LogP contribution in [0, 0.1) is 17.8 Å². The van der Waals surface area contributed by atoms with Crippen molar-refractivity contribution >= 4 is 30.9 Å². The number of hydrogen-bond acceptors (Lipinski definition) is 4. The quantitative estimate of drug-likeness (QED) is 0.203. The Bertz CT molecular complexity index is 658. The first-order chi connectivity index (χ1) is 13.9. The Balaban J connectivity index is 2.22. The second-order valence-corrected chi connectivity index (χ2v) is 16.0. The Hall–Kier alpha value is -0.153. The molecule has 4 nitrogen and oxygen atoms in total. The van der Waals surface area contributed by atoms with Crippen LogP contribution in [-0.2, 0) is 13.9 Å². The molecule has 0 bridgehead atoms. The Morgan fingerprint density at radius 3 is 2.27 bits per heavy atom. The normalized spacial score (nSPS) is 26.1. The molecule has 30 heavy (non-hydrogen) atoms. The molecule has 172 valence electrons. The van der Waals surface area contributed by atoms with Crippen molar-refractivity contribution in [2.45, 2.75) is 78.2 Å². The van der Waals surface area contributed by atoms with Gasteiger partial charge in [-0.2, -0.15) is 0 Å². The Kier molecular flexibility index (Phi) is 9.26. The fourth-order valence-electron chi connectivity index (χ4n) is 3.76. The van der Waals surface area contributed by atoms with E-state index >= 15 is 0 Å². The summed E-state index contributed by atoms with van der Waals surface area (Å²) in [5, 5.41) is 0.184. The third kappa shape index (κ3) is 6.21. The zero-order valence-corrected chi connectivity index (χ0v) is 23.4. The molecule has 1 aromatic rings. The largest absolute Gasteiger partial charge is 0.497 e. The first kappa shape index (κ1) is 26.1. The van der Waals surface area contributed by atoms with Gasteiger partial charge in [-0.1, -0.05) is 76.3 Å². The van der Waals surface area contributed by atoms with Crippen LogP contribution in [0.4, 0.5) is 0 Å². The Morgan fingerprint density at radius 1 is 1.17 bits per heavy atom. The summed E-state index contributed by atoms with van der Waals surface area (Å²) in [6.45, 7) is 19.2. The minimum atomic E-state index is -1.89. The average molecular weight is 549 g/mol. The molecule has 0 spiro atoms. The van der Waals surface area contributed by atoms with Gasteiger partial charge in [0, 0.05) is 21.8 Å². The van der Waals surface area contributed by atoms with Crippen LogP contribution in [0.25, 0.3) is 0 Å². The number of hydrogen-bond donors (Lipinski definition) is 0. The lowest BCUT2D eigenvalue weighted by Gasteiger charge is -2.46. The van der Waals surface area contributed by atoms with E-state index in [1.165, 1.54) is 0 Å². The molecule has 0 aliphatic carbocycles. The summed E-state index contributed by atoms with van der Waals surface area (Å²) in [6, 6.07) is 7.97. The fraction of sp³-hybridized carbons (Fsp3) is 0.750. The predicted octanol–water partition coefficient (Wildman–Crippen LogP) is 6.84. The van der Waals surface area contributed by atoms with Crippen molar-refractivity contribution < 1.29 is 18.6 Å². The van der Waals surface area contributed by atoms with E-state index < -0.39 is 8.32 Å². The number of ether oxygens (including phenoxy) is 3. The van der Waals surface area contributed by atoms with Gasteiger partial charge >= 0.3 is 0 Å². The highest BCUT2D eigenvalue weighted by Crippen LogP contribution is 2.42. The van der Waals surface area contributed by atoms with Gasteiger partial charge in [0.05, 0.1) is 25.9 Å². The zero-order valence-electron chi connectivity index (χ0n) is 20.2. The van der Waals surface area contributed by atoms with E-state index in [9.17, 15) is 0 Å². The van der Waals surface area contributed by atoms with Crippen molar-refractivity contribution in [2.75, 3.05) is 18.1 Å². The third-order valence-electron chi connectivity index (χ3n) is 6.82. The van der Waals surface area contributed by atoms with Crippen molar-refractivity contribution in [3.05, 3.63) is 29.8 Å². The molecule has 1 aromatic carbocycles. The lowest BCUT2D eigenvalue weighted by Crippen LogP contribution is -2.51. The van der Waals surface area contributed by atoms with Crippen LogP contribution >= 0.6 is 22.6 Å². The van der Waals surface area contributed by atoms with Gasteiger partial charge in [0.2, 0.25) is 0 Å². The van der Waals surface area contributed by atoms with Crippen molar-refractivity contribution in [3.63, 3.8) is 0 Å². The molecule has 1 heterocycles. The van der Waals surface area contributed by atoms with E-state index in [2.05, 4.69) is 77.2 Å². The van der Waals surface area contributed by atoms with Crippen molar-refractivity contribution in [3.8, 4) is 5.75 Å². The van der Waals surface area contributed by atoms with E-state index in [-0.39, 0.29) is 29.5 Å². The maximum absolute atomic E-state index is 6.99. The fourth-order valence-corrected chi connectivity index (χ4v) is 5.74. The van der Waals surface area contributed by atoms with Gasteiger partial charge < -0.3 is 18.6 Å². The Morgan fingerprint density at radius 2 is 1.77 bits per heavy atom. The van der Waals surface area contributed by atoms with Gasteiger partial charge in [0.25, 0.3) is 0 Å². The first-order valence-corrected chi connectivity index (χ1v) is 15.5. The van der Waals surface area contributed by atoms with Crippen LogP contribution < -0.4 is 4.74 Å². The van der Waals surface area contributed by atoms with Crippen LogP contribution in [0.15, 0.2) is 24.3 Å². The molecule has 0 radical (unpaired) electrons. The molecule has 2 rings (SSSR count). The smallest absolute Gasteiger partial charge is 0.192 e. The van der Waals surface area contributed by atoms with Crippen LogP contribution in [0.3, 0.4) is 0 Å². The molecule has 6 atom stereocenters. The topological polar surface area (TPSA) is 36.9 Å². The van der Waals surface area contributed by atoms with Crippen LogP contribution in [0.2, 0.25) is 18.1 Å². The van der Waals surface area contributed by atoms with E-state index in [0.29, 0.717) is 18.4 Å². The number of benzene rings is 1. The minimum Gasteiger partial charge on any atom is -0.497 e. The monoisotopic (exact) mass is 548 g/mol. The molecule has 3 unspecified atom stereocenters. The summed E-state index contributed by atoms with van der Waals surface area (Å²) in [7, 11) is -0.212. The molecule has 1 aliphatic heterocycles. The van der Waals surface area contributed by atoms with Crippen molar-refractivity contribution in [1.82, 2.24) is 0 Å². The van der Waals surface area contributed by atoms with Gasteiger partial charge in [-0.15, -0.1) is 0 Å². The molecular formula is C24H41IO4Si. The molecular weight excluding hydrogens is 507 g/mol. The lowest BCUT2D eigenvalue weighted by molar-refractivity contribution is -0.256. The van der Waals surface area contributed by atoms with Gasteiger partial charge in [-0.25, -0.2) is 0 Å².